The third-order valence-electron chi connectivity index (χ3n) is 2.52. The van der Waals surface area contributed by atoms with Crippen LogP contribution in [0.25, 0.3) is 0 Å². The maximum atomic E-state index is 11.5. The molecule has 2 rings (SSSR count). The zero-order chi connectivity index (χ0) is 9.97. The van der Waals surface area contributed by atoms with Gasteiger partial charge in [0.25, 0.3) is 0 Å². The summed E-state index contributed by atoms with van der Waals surface area (Å²) >= 11 is 0. The number of carbonyl (C=O) groups excluding carboxylic acids is 1. The van der Waals surface area contributed by atoms with E-state index in [1.54, 1.807) is 0 Å². The molecule has 4 heteroatoms. The first kappa shape index (κ1) is 9.68. The topological polar surface area (TPSA) is 44.8 Å². The maximum Gasteiger partial charge on any atom is 0.314 e. The smallest absolute Gasteiger partial charge is 0.314 e. The van der Waals surface area contributed by atoms with Crippen molar-refractivity contribution in [3.8, 4) is 0 Å². The number of hydrogen-bond acceptors (Lipinski definition) is 4. The van der Waals surface area contributed by atoms with Gasteiger partial charge in [-0.15, -0.1) is 0 Å². The molecular weight excluding hydrogens is 184 g/mol. The molecule has 0 radical (unpaired) electrons. The highest BCUT2D eigenvalue weighted by Gasteiger charge is 2.41. The molecule has 2 aliphatic rings. The monoisotopic (exact) mass is 198 g/mol. The molecule has 3 atom stereocenters. The van der Waals surface area contributed by atoms with Gasteiger partial charge >= 0.3 is 5.97 Å². The van der Waals surface area contributed by atoms with Crippen molar-refractivity contribution in [2.75, 3.05) is 13.4 Å². The first-order valence-electron chi connectivity index (χ1n) is 4.89. The first-order chi connectivity index (χ1) is 6.81. The van der Waals surface area contributed by atoms with Gasteiger partial charge in [-0.25, -0.2) is 0 Å². The van der Waals surface area contributed by atoms with Crippen LogP contribution >= 0.6 is 0 Å². The number of esters is 1. The van der Waals surface area contributed by atoms with Crippen molar-refractivity contribution in [2.45, 2.75) is 25.6 Å². The Hall–Kier alpha value is -0.870. The van der Waals surface area contributed by atoms with Crippen molar-refractivity contribution in [1.29, 1.82) is 0 Å². The summed E-state index contributed by atoms with van der Waals surface area (Å²) in [6.45, 7) is 2.46. The van der Waals surface area contributed by atoms with Gasteiger partial charge in [-0.1, -0.05) is 12.2 Å². The van der Waals surface area contributed by atoms with E-state index >= 15 is 0 Å². The predicted molar refractivity (Wildman–Crippen MR) is 48.5 cm³/mol. The summed E-state index contributed by atoms with van der Waals surface area (Å²) < 4.78 is 15.3. The van der Waals surface area contributed by atoms with Crippen molar-refractivity contribution in [1.82, 2.24) is 0 Å². The summed E-state index contributed by atoms with van der Waals surface area (Å²) in [4.78, 5) is 11.5. The summed E-state index contributed by atoms with van der Waals surface area (Å²) in [5.41, 5.74) is 0. The van der Waals surface area contributed by atoms with E-state index in [-0.39, 0.29) is 30.9 Å². The van der Waals surface area contributed by atoms with E-state index in [0.29, 0.717) is 6.61 Å². The quantitative estimate of drug-likeness (QED) is 0.291. The average Bonchev–Trinajstić information content (AvgIpc) is 2.79. The molecule has 78 valence electrons. The minimum atomic E-state index is -0.213. The maximum absolute atomic E-state index is 11.5. The van der Waals surface area contributed by atoms with Crippen LogP contribution in [0.5, 0.6) is 0 Å². The molecule has 0 saturated carbocycles. The van der Waals surface area contributed by atoms with Crippen LogP contribution in [0.1, 0.15) is 13.3 Å². The highest BCUT2D eigenvalue weighted by molar-refractivity contribution is 5.74. The third kappa shape index (κ3) is 1.81. The van der Waals surface area contributed by atoms with Gasteiger partial charge < -0.3 is 14.2 Å². The minimum Gasteiger partial charge on any atom is -0.438 e. The van der Waals surface area contributed by atoms with Crippen molar-refractivity contribution >= 4 is 5.97 Å². The fourth-order valence-corrected chi connectivity index (χ4v) is 1.79. The molecule has 2 aliphatic heterocycles. The van der Waals surface area contributed by atoms with Crippen LogP contribution in [0.4, 0.5) is 0 Å². The molecule has 3 unspecified atom stereocenters. The Morgan fingerprint density at radius 1 is 1.57 bits per heavy atom. The molecular formula is C10H14O4. The Balaban J connectivity index is 1.79. The van der Waals surface area contributed by atoms with Gasteiger partial charge in [0, 0.05) is 6.61 Å². The van der Waals surface area contributed by atoms with Crippen LogP contribution in [0.2, 0.25) is 0 Å². The summed E-state index contributed by atoms with van der Waals surface area (Å²) in [5, 5.41) is 0. The fraction of sp³-hybridized carbons (Fsp3) is 0.700. The van der Waals surface area contributed by atoms with Crippen LogP contribution in [-0.4, -0.2) is 31.6 Å². The minimum absolute atomic E-state index is 0.0485. The highest BCUT2D eigenvalue weighted by atomic mass is 16.7. The van der Waals surface area contributed by atoms with Gasteiger partial charge in [0.2, 0.25) is 0 Å². The lowest BCUT2D eigenvalue weighted by Crippen LogP contribution is -2.26. The summed E-state index contributed by atoms with van der Waals surface area (Å²) in [7, 11) is 0. The van der Waals surface area contributed by atoms with Crippen molar-refractivity contribution in [3.05, 3.63) is 12.2 Å². The fourth-order valence-electron chi connectivity index (χ4n) is 1.79. The van der Waals surface area contributed by atoms with Crippen molar-refractivity contribution in [3.63, 3.8) is 0 Å². The molecule has 0 spiro atoms. The van der Waals surface area contributed by atoms with Crippen LogP contribution in [0, 0.1) is 5.92 Å². The van der Waals surface area contributed by atoms with Gasteiger partial charge in [0.15, 0.2) is 6.79 Å². The molecule has 0 aromatic heterocycles. The number of fused-ring (bicyclic) bond motifs is 2. The van der Waals surface area contributed by atoms with Crippen LogP contribution < -0.4 is 0 Å². The third-order valence-corrected chi connectivity index (χ3v) is 2.52. The lowest BCUT2D eigenvalue weighted by Gasteiger charge is -2.13. The Kier molecular flexibility index (Phi) is 2.84. The normalized spacial score (nSPS) is 33.6. The SMILES string of the molecule is CCOCOC(=O)C1CC2C=CC1O2. The Morgan fingerprint density at radius 2 is 2.43 bits per heavy atom. The highest BCUT2D eigenvalue weighted by Crippen LogP contribution is 2.34. The second-order valence-electron chi connectivity index (χ2n) is 3.44. The molecule has 0 N–H and O–H groups in total. The van der Waals surface area contributed by atoms with E-state index in [4.69, 9.17) is 14.2 Å². The first-order valence-corrected chi connectivity index (χ1v) is 4.89. The second kappa shape index (κ2) is 4.11. The van der Waals surface area contributed by atoms with E-state index < -0.39 is 0 Å². The van der Waals surface area contributed by atoms with Crippen molar-refractivity contribution in [2.24, 2.45) is 5.92 Å². The van der Waals surface area contributed by atoms with Gasteiger partial charge in [0.05, 0.1) is 18.1 Å². The Morgan fingerprint density at radius 3 is 3.00 bits per heavy atom. The Labute approximate surface area is 82.8 Å². The molecule has 1 saturated heterocycles. The van der Waals surface area contributed by atoms with E-state index in [0.717, 1.165) is 6.42 Å². The summed E-state index contributed by atoms with van der Waals surface area (Å²) in [5.74, 6) is -0.347. The van der Waals surface area contributed by atoms with Gasteiger partial charge in [-0.3, -0.25) is 4.79 Å². The van der Waals surface area contributed by atoms with Gasteiger partial charge in [0.1, 0.15) is 0 Å². The Bertz CT molecular complexity index is 249. The number of carbonyl (C=O) groups is 1. The number of hydrogen-bond donors (Lipinski definition) is 0. The predicted octanol–water partition coefficient (Wildman–Crippen LogP) is 0.867. The molecule has 14 heavy (non-hydrogen) atoms. The molecule has 0 aliphatic carbocycles. The number of rotatable bonds is 4. The van der Waals surface area contributed by atoms with Crippen molar-refractivity contribution < 1.29 is 19.0 Å². The number of ether oxygens (including phenoxy) is 3. The van der Waals surface area contributed by atoms with E-state index in [1.165, 1.54) is 0 Å². The van der Waals surface area contributed by atoms with Gasteiger partial charge in [-0.05, 0) is 13.3 Å². The van der Waals surface area contributed by atoms with Crippen LogP contribution in [0.15, 0.2) is 12.2 Å². The zero-order valence-electron chi connectivity index (χ0n) is 8.14. The standard InChI is InChI=1S/C10H14O4/c1-2-12-6-13-10(11)8-5-7-3-4-9(8)14-7/h3-4,7-9H,2,5-6H2,1H3. The molecule has 0 amide bonds. The zero-order valence-corrected chi connectivity index (χ0v) is 8.14. The molecule has 0 aromatic rings. The van der Waals surface area contributed by atoms with E-state index in [1.807, 2.05) is 19.1 Å². The summed E-state index contributed by atoms with van der Waals surface area (Å²) in [6.07, 6.45) is 4.71. The second-order valence-corrected chi connectivity index (χ2v) is 3.44. The molecule has 4 nitrogen and oxygen atoms in total. The van der Waals surface area contributed by atoms with E-state index in [9.17, 15) is 4.79 Å². The molecule has 1 fully saturated rings. The van der Waals surface area contributed by atoms with Crippen LogP contribution in [0.3, 0.4) is 0 Å². The largest absolute Gasteiger partial charge is 0.438 e. The summed E-state index contributed by atoms with van der Waals surface area (Å²) in [6, 6.07) is 0. The lowest BCUT2D eigenvalue weighted by atomic mass is 9.95. The lowest BCUT2D eigenvalue weighted by molar-refractivity contribution is -0.161. The van der Waals surface area contributed by atoms with Gasteiger partial charge in [-0.2, -0.15) is 0 Å². The molecule has 0 aromatic carbocycles. The molecule has 2 bridgehead atoms. The average molecular weight is 198 g/mol. The van der Waals surface area contributed by atoms with E-state index in [2.05, 4.69) is 0 Å². The molecule has 2 heterocycles. The van der Waals surface area contributed by atoms with Crippen LogP contribution in [-0.2, 0) is 19.0 Å².